The molecule has 0 radical (unpaired) electrons. The summed E-state index contributed by atoms with van der Waals surface area (Å²) >= 11 is 1.50. The van der Waals surface area contributed by atoms with Crippen LogP contribution in [0.5, 0.6) is 0 Å². The quantitative estimate of drug-likeness (QED) is 0.424. The SMILES string of the molecule is N=C(N)CC(Sc1nc2ccccc2o1)c1ccccc1. The first-order valence-electron chi connectivity index (χ1n) is 6.62. The Labute approximate surface area is 126 Å². The van der Waals surface area contributed by atoms with E-state index >= 15 is 0 Å². The number of nitrogens with two attached hydrogens (primary N) is 1. The lowest BCUT2D eigenvalue weighted by Crippen LogP contribution is -2.13. The Kier molecular flexibility index (Phi) is 3.92. The predicted molar refractivity (Wildman–Crippen MR) is 85.6 cm³/mol. The summed E-state index contributed by atoms with van der Waals surface area (Å²) in [5, 5.41) is 8.19. The van der Waals surface area contributed by atoms with E-state index in [0.717, 1.165) is 16.7 Å². The average molecular weight is 297 g/mol. The van der Waals surface area contributed by atoms with Gasteiger partial charge in [-0.25, -0.2) is 4.98 Å². The molecule has 0 fully saturated rings. The first-order valence-corrected chi connectivity index (χ1v) is 7.50. The normalized spacial score (nSPS) is 12.4. The van der Waals surface area contributed by atoms with E-state index in [1.807, 2.05) is 54.6 Å². The van der Waals surface area contributed by atoms with E-state index in [4.69, 9.17) is 15.6 Å². The number of hydrogen-bond acceptors (Lipinski definition) is 4. The van der Waals surface area contributed by atoms with Gasteiger partial charge in [-0.3, -0.25) is 5.41 Å². The van der Waals surface area contributed by atoms with Crippen LogP contribution in [0.25, 0.3) is 11.1 Å². The van der Waals surface area contributed by atoms with Gasteiger partial charge in [-0.05, 0) is 17.7 Å². The molecular weight excluding hydrogens is 282 g/mol. The number of nitrogens with one attached hydrogen (secondary N) is 1. The lowest BCUT2D eigenvalue weighted by atomic mass is 10.1. The molecule has 1 atom stereocenters. The molecule has 0 saturated heterocycles. The number of fused-ring (bicyclic) bond motifs is 1. The molecule has 0 amide bonds. The Hall–Kier alpha value is -2.27. The summed E-state index contributed by atoms with van der Waals surface area (Å²) in [6, 6.07) is 17.7. The third-order valence-electron chi connectivity index (χ3n) is 3.09. The van der Waals surface area contributed by atoms with Gasteiger partial charge in [0, 0.05) is 11.7 Å². The van der Waals surface area contributed by atoms with Gasteiger partial charge in [0.1, 0.15) is 5.52 Å². The maximum Gasteiger partial charge on any atom is 0.257 e. The topological polar surface area (TPSA) is 75.9 Å². The van der Waals surface area contributed by atoms with Gasteiger partial charge in [0.05, 0.1) is 5.84 Å². The Bertz CT molecular complexity index is 721. The standard InChI is InChI=1S/C16H15N3OS/c17-15(18)10-14(11-6-2-1-3-7-11)21-16-19-12-8-4-5-9-13(12)20-16/h1-9,14H,10H2,(H3,17,18). The van der Waals surface area contributed by atoms with E-state index < -0.39 is 0 Å². The molecule has 3 rings (SSSR count). The maximum absolute atomic E-state index is 7.56. The van der Waals surface area contributed by atoms with Crippen molar-refractivity contribution in [3.8, 4) is 0 Å². The van der Waals surface area contributed by atoms with Crippen LogP contribution in [0.2, 0.25) is 0 Å². The van der Waals surface area contributed by atoms with Gasteiger partial charge in [0.25, 0.3) is 5.22 Å². The van der Waals surface area contributed by atoms with Crippen LogP contribution < -0.4 is 5.73 Å². The third kappa shape index (κ3) is 3.25. The summed E-state index contributed by atoms with van der Waals surface area (Å²) < 4.78 is 5.74. The molecule has 5 heteroatoms. The highest BCUT2D eigenvalue weighted by atomic mass is 32.2. The molecular formula is C16H15N3OS. The van der Waals surface area contributed by atoms with Crippen LogP contribution >= 0.6 is 11.8 Å². The zero-order valence-corrected chi connectivity index (χ0v) is 12.1. The van der Waals surface area contributed by atoms with Gasteiger partial charge in [-0.1, -0.05) is 54.2 Å². The number of nitrogens with zero attached hydrogens (tertiary/aromatic N) is 1. The highest BCUT2D eigenvalue weighted by Gasteiger charge is 2.18. The molecule has 3 aromatic rings. The zero-order valence-electron chi connectivity index (χ0n) is 11.3. The van der Waals surface area contributed by atoms with E-state index in [9.17, 15) is 0 Å². The molecule has 3 N–H and O–H groups in total. The van der Waals surface area contributed by atoms with Crippen LogP contribution in [-0.4, -0.2) is 10.8 Å². The van der Waals surface area contributed by atoms with Crippen LogP contribution in [0.1, 0.15) is 17.2 Å². The van der Waals surface area contributed by atoms with Gasteiger partial charge in [-0.15, -0.1) is 0 Å². The number of hydrogen-bond donors (Lipinski definition) is 2. The summed E-state index contributed by atoms with van der Waals surface area (Å²) in [5.41, 5.74) is 8.30. The Morgan fingerprint density at radius 1 is 1.14 bits per heavy atom. The first-order chi connectivity index (χ1) is 10.2. The summed E-state index contributed by atoms with van der Waals surface area (Å²) in [6.45, 7) is 0. The summed E-state index contributed by atoms with van der Waals surface area (Å²) in [5.74, 6) is 0.160. The fourth-order valence-corrected chi connectivity index (χ4v) is 3.21. The molecule has 1 aromatic heterocycles. The summed E-state index contributed by atoms with van der Waals surface area (Å²) in [7, 11) is 0. The van der Waals surface area contributed by atoms with Crippen molar-refractivity contribution < 1.29 is 4.42 Å². The van der Waals surface area contributed by atoms with Crippen molar-refractivity contribution in [2.45, 2.75) is 16.9 Å². The Morgan fingerprint density at radius 3 is 2.57 bits per heavy atom. The number of aromatic nitrogens is 1. The fourth-order valence-electron chi connectivity index (χ4n) is 2.12. The van der Waals surface area contributed by atoms with E-state index in [1.54, 1.807) is 0 Å². The Balaban J connectivity index is 1.88. The summed E-state index contributed by atoms with van der Waals surface area (Å²) in [4.78, 5) is 4.47. The molecule has 1 unspecified atom stereocenters. The average Bonchev–Trinajstić information content (AvgIpc) is 2.89. The second-order valence-corrected chi connectivity index (χ2v) is 5.85. The minimum Gasteiger partial charge on any atom is -0.431 e. The lowest BCUT2D eigenvalue weighted by molar-refractivity contribution is 0.488. The van der Waals surface area contributed by atoms with Crippen LogP contribution in [0, 0.1) is 5.41 Å². The van der Waals surface area contributed by atoms with Gasteiger partial charge in [0.2, 0.25) is 0 Å². The van der Waals surface area contributed by atoms with Gasteiger partial charge in [-0.2, -0.15) is 0 Å². The van der Waals surface area contributed by atoms with Crippen LogP contribution in [-0.2, 0) is 0 Å². The number of para-hydroxylation sites is 2. The molecule has 0 bridgehead atoms. The molecule has 1 heterocycles. The van der Waals surface area contributed by atoms with Crippen molar-refractivity contribution in [2.75, 3.05) is 0 Å². The highest BCUT2D eigenvalue weighted by molar-refractivity contribution is 7.99. The molecule has 2 aromatic carbocycles. The largest absolute Gasteiger partial charge is 0.431 e. The van der Waals surface area contributed by atoms with Crippen molar-refractivity contribution in [3.63, 3.8) is 0 Å². The van der Waals surface area contributed by atoms with Crippen LogP contribution in [0.15, 0.2) is 64.2 Å². The molecule has 0 spiro atoms. The van der Waals surface area contributed by atoms with Crippen molar-refractivity contribution >= 4 is 28.7 Å². The number of thioether (sulfide) groups is 1. The Morgan fingerprint density at radius 2 is 1.86 bits per heavy atom. The van der Waals surface area contributed by atoms with Crippen LogP contribution in [0.3, 0.4) is 0 Å². The molecule has 21 heavy (non-hydrogen) atoms. The smallest absolute Gasteiger partial charge is 0.257 e. The lowest BCUT2D eigenvalue weighted by Gasteiger charge is -2.13. The second-order valence-electron chi connectivity index (χ2n) is 4.69. The van der Waals surface area contributed by atoms with E-state index in [0.29, 0.717) is 11.6 Å². The third-order valence-corrected chi connectivity index (χ3v) is 4.19. The van der Waals surface area contributed by atoms with Gasteiger partial charge in [0.15, 0.2) is 5.58 Å². The molecule has 0 aliphatic heterocycles. The number of rotatable bonds is 5. The fraction of sp³-hybridized carbons (Fsp3) is 0.125. The van der Waals surface area contributed by atoms with Crippen molar-refractivity contribution in [1.82, 2.24) is 4.98 Å². The maximum atomic E-state index is 7.56. The molecule has 4 nitrogen and oxygen atoms in total. The first kappa shape index (κ1) is 13.7. The van der Waals surface area contributed by atoms with Crippen LogP contribution in [0.4, 0.5) is 0 Å². The van der Waals surface area contributed by atoms with Gasteiger partial charge >= 0.3 is 0 Å². The van der Waals surface area contributed by atoms with Crippen molar-refractivity contribution in [1.29, 1.82) is 5.41 Å². The number of oxazole rings is 1. The molecule has 0 saturated carbocycles. The van der Waals surface area contributed by atoms with E-state index in [-0.39, 0.29) is 11.1 Å². The monoisotopic (exact) mass is 297 g/mol. The van der Waals surface area contributed by atoms with Crippen molar-refractivity contribution in [3.05, 3.63) is 60.2 Å². The zero-order chi connectivity index (χ0) is 14.7. The number of benzene rings is 2. The number of amidine groups is 1. The van der Waals surface area contributed by atoms with Gasteiger partial charge < -0.3 is 10.2 Å². The predicted octanol–water partition coefficient (Wildman–Crippen LogP) is 3.99. The molecule has 0 aliphatic carbocycles. The van der Waals surface area contributed by atoms with E-state index in [1.165, 1.54) is 11.8 Å². The minimum atomic E-state index is 0.0248. The summed E-state index contributed by atoms with van der Waals surface area (Å²) in [6.07, 6.45) is 0.466. The van der Waals surface area contributed by atoms with Crippen molar-refractivity contribution in [2.24, 2.45) is 5.73 Å². The minimum absolute atomic E-state index is 0.0248. The second kappa shape index (κ2) is 6.01. The molecule has 106 valence electrons. The highest BCUT2D eigenvalue weighted by Crippen LogP contribution is 2.38. The van der Waals surface area contributed by atoms with E-state index in [2.05, 4.69) is 4.98 Å². The molecule has 0 aliphatic rings.